The van der Waals surface area contributed by atoms with Crippen molar-refractivity contribution in [1.82, 2.24) is 0 Å². The van der Waals surface area contributed by atoms with Crippen molar-refractivity contribution >= 4 is 35.8 Å². The Kier molecular flexibility index (Phi) is 21.0. The topological polar surface area (TPSA) is 253 Å². The lowest BCUT2D eigenvalue weighted by Gasteiger charge is -2.41. The van der Waals surface area contributed by atoms with Crippen LogP contribution in [-0.4, -0.2) is 89.4 Å². The van der Waals surface area contributed by atoms with Gasteiger partial charge >= 0.3 is 35.8 Å². The summed E-state index contributed by atoms with van der Waals surface area (Å²) in [5.74, 6) is -9.61. The van der Waals surface area contributed by atoms with Crippen LogP contribution in [0.15, 0.2) is 0 Å². The highest BCUT2D eigenvalue weighted by atomic mass is 16.5. The average Bonchev–Trinajstić information content (AvgIpc) is 2.88. The van der Waals surface area contributed by atoms with Gasteiger partial charge in [0, 0.05) is 0 Å². The van der Waals surface area contributed by atoms with E-state index in [2.05, 4.69) is 13.8 Å². The second-order valence-electron chi connectivity index (χ2n) is 13.1. The average molecular weight is 665 g/mol. The van der Waals surface area contributed by atoms with E-state index >= 15 is 0 Å². The molecule has 4 unspecified atom stereocenters. The van der Waals surface area contributed by atoms with Crippen molar-refractivity contribution in [1.29, 1.82) is 0 Å². The predicted octanol–water partition coefficient (Wildman–Crippen LogP) is 4.43. The molecule has 0 aliphatic carbocycles. The van der Waals surface area contributed by atoms with Crippen LogP contribution in [-0.2, 0) is 33.5 Å². The highest BCUT2D eigenvalue weighted by molar-refractivity contribution is 5.90. The standard InChI is InChI=1S/2C16H28O7/c1-5-15(4,8-6-7-10(2)3)12(13(19)20)16(23,14(21)22)9-11(17)18;1-12(2)8-6-4-3-5-7-9-23-14(19)11-16(22,15(20)21)10-13(17)18/h10,12,23H,5-9H2,1-4H3,(H,17,18)(H,19,20)(H,21,22);12,22H,3-11H2,1-2H3,(H,17,18)(H,20,21). The van der Waals surface area contributed by atoms with E-state index in [1.807, 2.05) is 13.8 Å². The summed E-state index contributed by atoms with van der Waals surface area (Å²) in [6.07, 6.45) is 5.28. The Morgan fingerprint density at radius 3 is 1.54 bits per heavy atom. The summed E-state index contributed by atoms with van der Waals surface area (Å²) in [6.45, 7) is 11.9. The molecule has 0 heterocycles. The van der Waals surface area contributed by atoms with Crippen molar-refractivity contribution in [2.75, 3.05) is 6.61 Å². The number of unbranched alkanes of at least 4 members (excludes halogenated alkanes) is 4. The van der Waals surface area contributed by atoms with Gasteiger partial charge in [0.25, 0.3) is 0 Å². The fraction of sp³-hybridized carbons (Fsp3) is 0.812. The van der Waals surface area contributed by atoms with Crippen LogP contribution in [0.4, 0.5) is 0 Å². The molecule has 0 saturated heterocycles. The monoisotopic (exact) mass is 664 g/mol. The lowest BCUT2D eigenvalue weighted by atomic mass is 9.63. The maximum atomic E-state index is 11.7. The molecule has 268 valence electrons. The van der Waals surface area contributed by atoms with Crippen molar-refractivity contribution < 1.29 is 69.2 Å². The molecule has 0 aliphatic rings. The Labute approximate surface area is 271 Å². The Bertz CT molecular complexity index is 993. The second kappa shape index (κ2) is 21.5. The molecule has 4 atom stereocenters. The Morgan fingerprint density at radius 1 is 0.652 bits per heavy atom. The van der Waals surface area contributed by atoms with Gasteiger partial charge in [-0.05, 0) is 36.5 Å². The first kappa shape index (κ1) is 44.9. The molecule has 14 nitrogen and oxygen atoms in total. The predicted molar refractivity (Wildman–Crippen MR) is 166 cm³/mol. The van der Waals surface area contributed by atoms with E-state index in [0.29, 0.717) is 37.5 Å². The molecule has 0 amide bonds. The van der Waals surface area contributed by atoms with Gasteiger partial charge in [-0.1, -0.05) is 86.5 Å². The lowest BCUT2D eigenvalue weighted by molar-refractivity contribution is -0.188. The number of esters is 1. The van der Waals surface area contributed by atoms with Crippen LogP contribution in [0.3, 0.4) is 0 Å². The van der Waals surface area contributed by atoms with Gasteiger partial charge in [-0.3, -0.25) is 19.2 Å². The zero-order chi connectivity index (χ0) is 36.3. The number of hydrogen-bond acceptors (Lipinski definition) is 9. The fourth-order valence-electron chi connectivity index (χ4n) is 5.17. The molecular formula is C32H56O14. The molecule has 0 aliphatic heterocycles. The molecule has 0 aromatic carbocycles. The normalized spacial score (nSPS) is 15.8. The van der Waals surface area contributed by atoms with Gasteiger partial charge in [-0.15, -0.1) is 0 Å². The number of carbonyl (C=O) groups is 6. The molecule has 0 saturated carbocycles. The quantitative estimate of drug-likeness (QED) is 0.0557. The molecule has 0 radical (unpaired) electrons. The molecule has 0 aromatic rings. The third-order valence-corrected chi connectivity index (χ3v) is 8.02. The van der Waals surface area contributed by atoms with Gasteiger partial charge in [0.1, 0.15) is 5.92 Å². The van der Waals surface area contributed by atoms with Crippen molar-refractivity contribution in [3.8, 4) is 0 Å². The van der Waals surface area contributed by atoms with Crippen LogP contribution in [0, 0.1) is 23.2 Å². The van der Waals surface area contributed by atoms with Crippen LogP contribution in [0.1, 0.15) is 125 Å². The first-order valence-corrected chi connectivity index (χ1v) is 15.8. The Morgan fingerprint density at radius 2 is 1.13 bits per heavy atom. The highest BCUT2D eigenvalue weighted by Gasteiger charge is 2.57. The summed E-state index contributed by atoms with van der Waals surface area (Å²) in [7, 11) is 0. The maximum absolute atomic E-state index is 11.7. The van der Waals surface area contributed by atoms with Crippen molar-refractivity contribution in [3.05, 3.63) is 0 Å². The third-order valence-electron chi connectivity index (χ3n) is 8.02. The Hall–Kier alpha value is -3.26. The Balaban J connectivity index is 0. The third kappa shape index (κ3) is 17.4. The minimum Gasteiger partial charge on any atom is -0.481 e. The van der Waals surface area contributed by atoms with Crippen LogP contribution in [0.2, 0.25) is 0 Å². The number of carboxylic acids is 5. The summed E-state index contributed by atoms with van der Waals surface area (Å²) in [5.41, 5.74) is -6.50. The molecule has 0 bridgehead atoms. The summed E-state index contributed by atoms with van der Waals surface area (Å²) in [4.78, 5) is 67.1. The minimum absolute atomic E-state index is 0.145. The van der Waals surface area contributed by atoms with E-state index in [-0.39, 0.29) is 6.61 Å². The number of aliphatic carboxylic acids is 5. The fourth-order valence-corrected chi connectivity index (χ4v) is 5.17. The summed E-state index contributed by atoms with van der Waals surface area (Å²) < 4.78 is 4.86. The second-order valence-corrected chi connectivity index (χ2v) is 13.1. The smallest absolute Gasteiger partial charge is 0.337 e. The lowest BCUT2D eigenvalue weighted by Crippen LogP contribution is -2.56. The van der Waals surface area contributed by atoms with E-state index in [0.717, 1.165) is 25.7 Å². The molecule has 46 heavy (non-hydrogen) atoms. The van der Waals surface area contributed by atoms with Gasteiger partial charge < -0.3 is 40.5 Å². The zero-order valence-corrected chi connectivity index (χ0v) is 28.1. The van der Waals surface area contributed by atoms with Crippen LogP contribution < -0.4 is 0 Å². The van der Waals surface area contributed by atoms with Gasteiger partial charge in [-0.25, -0.2) is 9.59 Å². The minimum atomic E-state index is -2.85. The number of carboxylic acid groups (broad SMARTS) is 5. The molecular weight excluding hydrogens is 608 g/mol. The van der Waals surface area contributed by atoms with Crippen molar-refractivity contribution in [3.63, 3.8) is 0 Å². The van der Waals surface area contributed by atoms with Crippen LogP contribution >= 0.6 is 0 Å². The van der Waals surface area contributed by atoms with Gasteiger partial charge in [0.2, 0.25) is 0 Å². The molecule has 14 heteroatoms. The van der Waals surface area contributed by atoms with E-state index < -0.39 is 77.6 Å². The molecule has 7 N–H and O–H groups in total. The summed E-state index contributed by atoms with van der Waals surface area (Å²) in [5, 5.41) is 65.2. The highest BCUT2D eigenvalue weighted by Crippen LogP contribution is 2.44. The SMILES string of the molecule is CC(C)CCCCCCCOC(=O)CC(O)(CC(=O)O)C(=O)O.CCC(C)(CCCC(C)C)C(C(=O)O)C(O)(CC(=O)O)C(=O)O. The van der Waals surface area contributed by atoms with Crippen molar-refractivity contribution in [2.24, 2.45) is 23.2 Å². The number of hydrogen-bond donors (Lipinski definition) is 7. The maximum Gasteiger partial charge on any atom is 0.337 e. The molecule has 0 aromatic heterocycles. The van der Waals surface area contributed by atoms with Gasteiger partial charge in [0.05, 0.1) is 25.9 Å². The number of aliphatic hydroxyl groups is 2. The molecule has 0 spiro atoms. The first-order valence-electron chi connectivity index (χ1n) is 15.8. The number of carbonyl (C=O) groups excluding carboxylic acids is 1. The van der Waals surface area contributed by atoms with Crippen LogP contribution in [0.5, 0.6) is 0 Å². The number of ether oxygens (including phenoxy) is 1. The zero-order valence-electron chi connectivity index (χ0n) is 28.1. The summed E-state index contributed by atoms with van der Waals surface area (Å²) >= 11 is 0. The summed E-state index contributed by atoms with van der Waals surface area (Å²) in [6, 6.07) is 0. The van der Waals surface area contributed by atoms with E-state index in [4.69, 9.17) is 20.1 Å². The van der Waals surface area contributed by atoms with Gasteiger partial charge in [-0.2, -0.15) is 0 Å². The first-order chi connectivity index (χ1) is 21.1. The molecule has 0 fully saturated rings. The van der Waals surface area contributed by atoms with Gasteiger partial charge in [0.15, 0.2) is 11.2 Å². The largest absolute Gasteiger partial charge is 0.481 e. The van der Waals surface area contributed by atoms with Crippen LogP contribution in [0.25, 0.3) is 0 Å². The van der Waals surface area contributed by atoms with Crippen molar-refractivity contribution in [2.45, 2.75) is 136 Å². The molecule has 0 rings (SSSR count). The van der Waals surface area contributed by atoms with E-state index in [1.165, 1.54) is 12.8 Å². The van der Waals surface area contributed by atoms with E-state index in [1.54, 1.807) is 13.8 Å². The number of rotatable bonds is 24. The van der Waals surface area contributed by atoms with E-state index in [9.17, 15) is 49.2 Å².